The van der Waals surface area contributed by atoms with E-state index >= 15 is 0 Å². The zero-order chi connectivity index (χ0) is 17.9. The van der Waals surface area contributed by atoms with Crippen LogP contribution in [0.2, 0.25) is 0 Å². The van der Waals surface area contributed by atoms with Crippen LogP contribution in [0.15, 0.2) is 48.8 Å². The quantitative estimate of drug-likeness (QED) is 0.690. The summed E-state index contributed by atoms with van der Waals surface area (Å²) in [7, 11) is 0. The second kappa shape index (κ2) is 7.15. The number of fused-ring (bicyclic) bond motifs is 2. The Morgan fingerprint density at radius 3 is 3.04 bits per heavy atom. The Bertz CT molecular complexity index is 936. The fourth-order valence-electron chi connectivity index (χ4n) is 3.61. The van der Waals surface area contributed by atoms with Gasteiger partial charge in [0, 0.05) is 13.1 Å². The van der Waals surface area contributed by atoms with E-state index in [1.54, 1.807) is 6.07 Å². The summed E-state index contributed by atoms with van der Waals surface area (Å²) in [5.74, 6) is -0.181. The number of nitrogens with zero attached hydrogens (tertiary/aromatic N) is 2. The number of para-hydroxylation sites is 2. The van der Waals surface area contributed by atoms with E-state index in [0.29, 0.717) is 13.0 Å². The maximum Gasteiger partial charge on any atom is 0.315 e. The van der Waals surface area contributed by atoms with Gasteiger partial charge in [-0.15, -0.1) is 0 Å². The first-order valence-electron chi connectivity index (χ1n) is 8.94. The average molecular weight is 352 g/mol. The van der Waals surface area contributed by atoms with Crippen LogP contribution in [0.1, 0.15) is 30.0 Å². The molecule has 2 aromatic carbocycles. The van der Waals surface area contributed by atoms with Crippen molar-refractivity contribution in [1.82, 2.24) is 20.2 Å². The highest BCUT2D eigenvalue weighted by atomic mass is 19.1. The molecule has 4 rings (SSSR count). The van der Waals surface area contributed by atoms with Crippen molar-refractivity contribution in [3.63, 3.8) is 0 Å². The molecule has 0 bridgehead atoms. The standard InChI is InChI=1S/C20H21FN4O/c21-16-6-3-5-15-14(16)9-10-17(15)24-20(26)22-11-4-12-25-13-23-18-7-1-2-8-19(18)25/h1-3,5-8,13,17H,4,9-12H2,(H2,22,24,26). The molecule has 0 aliphatic heterocycles. The van der Waals surface area contributed by atoms with Crippen molar-refractivity contribution in [2.45, 2.75) is 31.8 Å². The Labute approximate surface area is 151 Å². The Kier molecular flexibility index (Phi) is 4.56. The van der Waals surface area contributed by atoms with Crippen molar-refractivity contribution >= 4 is 17.1 Å². The number of carbonyl (C=O) groups is 1. The van der Waals surface area contributed by atoms with Gasteiger partial charge in [-0.3, -0.25) is 0 Å². The summed E-state index contributed by atoms with van der Waals surface area (Å²) in [5.41, 5.74) is 3.70. The van der Waals surface area contributed by atoms with Gasteiger partial charge in [-0.1, -0.05) is 24.3 Å². The molecule has 1 aliphatic rings. The lowest BCUT2D eigenvalue weighted by molar-refractivity contribution is 0.236. The summed E-state index contributed by atoms with van der Waals surface area (Å²) in [5, 5.41) is 5.84. The van der Waals surface area contributed by atoms with E-state index in [1.807, 2.05) is 36.7 Å². The van der Waals surface area contributed by atoms with Gasteiger partial charge in [0.25, 0.3) is 0 Å². The van der Waals surface area contributed by atoms with Crippen LogP contribution in [0.3, 0.4) is 0 Å². The summed E-state index contributed by atoms with van der Waals surface area (Å²) >= 11 is 0. The molecule has 0 spiro atoms. The van der Waals surface area contributed by atoms with Gasteiger partial charge in [-0.2, -0.15) is 0 Å². The predicted molar refractivity (Wildman–Crippen MR) is 98.3 cm³/mol. The first-order chi connectivity index (χ1) is 12.7. The average Bonchev–Trinajstić information content (AvgIpc) is 3.24. The van der Waals surface area contributed by atoms with Crippen LogP contribution >= 0.6 is 0 Å². The molecule has 1 unspecified atom stereocenters. The maximum absolute atomic E-state index is 13.8. The minimum absolute atomic E-state index is 0.113. The minimum Gasteiger partial charge on any atom is -0.338 e. The van der Waals surface area contributed by atoms with Crippen LogP contribution in [-0.2, 0) is 13.0 Å². The highest BCUT2D eigenvalue weighted by Gasteiger charge is 2.25. The van der Waals surface area contributed by atoms with Crippen molar-refractivity contribution in [3.05, 3.63) is 65.7 Å². The number of hydrogen-bond donors (Lipinski definition) is 2. The van der Waals surface area contributed by atoms with Crippen molar-refractivity contribution in [3.8, 4) is 0 Å². The van der Waals surface area contributed by atoms with Crippen molar-refractivity contribution in [2.75, 3.05) is 6.54 Å². The first kappa shape index (κ1) is 16.6. The van der Waals surface area contributed by atoms with Crippen LogP contribution < -0.4 is 10.6 Å². The van der Waals surface area contributed by atoms with Gasteiger partial charge in [0.2, 0.25) is 0 Å². The van der Waals surface area contributed by atoms with Crippen LogP contribution in [0.25, 0.3) is 11.0 Å². The zero-order valence-electron chi connectivity index (χ0n) is 14.4. The maximum atomic E-state index is 13.8. The molecule has 1 aromatic heterocycles. The third-order valence-corrected chi connectivity index (χ3v) is 4.91. The lowest BCUT2D eigenvalue weighted by atomic mass is 10.1. The number of halogens is 1. The molecule has 134 valence electrons. The number of benzene rings is 2. The summed E-state index contributed by atoms with van der Waals surface area (Å²) in [6.45, 7) is 1.36. The topological polar surface area (TPSA) is 59.0 Å². The van der Waals surface area contributed by atoms with E-state index in [2.05, 4.69) is 20.2 Å². The molecule has 5 nitrogen and oxygen atoms in total. The molecule has 1 atom stereocenters. The smallest absolute Gasteiger partial charge is 0.315 e. The molecule has 3 aromatic rings. The lowest BCUT2D eigenvalue weighted by Crippen LogP contribution is -2.38. The minimum atomic E-state index is -0.206. The monoisotopic (exact) mass is 352 g/mol. The second-order valence-electron chi connectivity index (χ2n) is 6.58. The van der Waals surface area contributed by atoms with Gasteiger partial charge >= 0.3 is 6.03 Å². The fraction of sp³-hybridized carbons (Fsp3) is 0.300. The zero-order valence-corrected chi connectivity index (χ0v) is 14.4. The summed E-state index contributed by atoms with van der Waals surface area (Å²) in [6, 6.07) is 12.7. The van der Waals surface area contributed by atoms with Gasteiger partial charge in [0.15, 0.2) is 0 Å². The summed E-state index contributed by atoms with van der Waals surface area (Å²) < 4.78 is 15.8. The van der Waals surface area contributed by atoms with E-state index < -0.39 is 0 Å². The Morgan fingerprint density at radius 2 is 2.12 bits per heavy atom. The number of aromatic nitrogens is 2. The SMILES string of the molecule is O=C(NCCCn1cnc2ccccc21)NC1CCc2c(F)cccc21. The first-order valence-corrected chi connectivity index (χ1v) is 8.94. The Morgan fingerprint density at radius 1 is 1.23 bits per heavy atom. The van der Waals surface area contributed by atoms with E-state index in [4.69, 9.17) is 0 Å². The summed E-state index contributed by atoms with van der Waals surface area (Å²) in [6.07, 6.45) is 4.05. The molecule has 0 saturated heterocycles. The van der Waals surface area contributed by atoms with E-state index in [9.17, 15) is 9.18 Å². The number of urea groups is 1. The molecular formula is C20H21FN4O. The highest BCUT2D eigenvalue weighted by Crippen LogP contribution is 2.32. The number of hydrogen-bond acceptors (Lipinski definition) is 2. The van der Waals surface area contributed by atoms with Gasteiger partial charge in [-0.25, -0.2) is 14.2 Å². The molecule has 0 fully saturated rings. The van der Waals surface area contributed by atoms with Crippen LogP contribution in [0.4, 0.5) is 9.18 Å². The largest absolute Gasteiger partial charge is 0.338 e. The third kappa shape index (κ3) is 3.27. The molecule has 2 amide bonds. The molecule has 26 heavy (non-hydrogen) atoms. The predicted octanol–water partition coefficient (Wildman–Crippen LogP) is 3.55. The number of nitrogens with one attached hydrogen (secondary N) is 2. The number of aryl methyl sites for hydroxylation is 1. The van der Waals surface area contributed by atoms with Crippen molar-refractivity contribution in [2.24, 2.45) is 0 Å². The number of imidazole rings is 1. The van der Waals surface area contributed by atoms with Crippen molar-refractivity contribution in [1.29, 1.82) is 0 Å². The van der Waals surface area contributed by atoms with Gasteiger partial charge in [-0.05, 0) is 48.6 Å². The molecule has 6 heteroatoms. The molecule has 0 radical (unpaired) electrons. The van der Waals surface area contributed by atoms with Crippen LogP contribution in [0, 0.1) is 5.82 Å². The van der Waals surface area contributed by atoms with E-state index in [-0.39, 0.29) is 17.9 Å². The van der Waals surface area contributed by atoms with Gasteiger partial charge in [0.05, 0.1) is 23.4 Å². The number of rotatable bonds is 5. The Hall–Kier alpha value is -2.89. The Balaban J connectivity index is 1.26. The molecular weight excluding hydrogens is 331 g/mol. The van der Waals surface area contributed by atoms with Crippen LogP contribution in [-0.4, -0.2) is 22.1 Å². The number of carbonyl (C=O) groups excluding carboxylic acids is 1. The third-order valence-electron chi connectivity index (χ3n) is 4.91. The molecule has 1 heterocycles. The highest BCUT2D eigenvalue weighted by molar-refractivity contribution is 5.75. The second-order valence-corrected chi connectivity index (χ2v) is 6.58. The van der Waals surface area contributed by atoms with E-state index in [0.717, 1.165) is 41.5 Å². The molecule has 1 aliphatic carbocycles. The number of amides is 2. The van der Waals surface area contributed by atoms with Gasteiger partial charge < -0.3 is 15.2 Å². The molecule has 0 saturated carbocycles. The van der Waals surface area contributed by atoms with Gasteiger partial charge in [0.1, 0.15) is 5.82 Å². The lowest BCUT2D eigenvalue weighted by Gasteiger charge is -2.15. The summed E-state index contributed by atoms with van der Waals surface area (Å²) in [4.78, 5) is 16.5. The normalized spacial score (nSPS) is 15.8. The fourth-order valence-corrected chi connectivity index (χ4v) is 3.61. The van der Waals surface area contributed by atoms with Crippen molar-refractivity contribution < 1.29 is 9.18 Å². The van der Waals surface area contributed by atoms with E-state index in [1.165, 1.54) is 6.07 Å². The molecule has 2 N–H and O–H groups in total. The van der Waals surface area contributed by atoms with Crippen LogP contribution in [0.5, 0.6) is 0 Å².